The first kappa shape index (κ1) is 18.7. The van der Waals surface area contributed by atoms with Crippen LogP contribution in [-0.4, -0.2) is 23.5 Å². The van der Waals surface area contributed by atoms with Gasteiger partial charge in [0.1, 0.15) is 5.75 Å². The normalized spacial score (nSPS) is 18.0. The number of carbonyl (C=O) groups excluding carboxylic acids is 2. The second-order valence-corrected chi connectivity index (χ2v) is 7.85. The summed E-state index contributed by atoms with van der Waals surface area (Å²) in [7, 11) is 0. The first-order chi connectivity index (χ1) is 13.4. The molecule has 2 N–H and O–H groups in total. The van der Waals surface area contributed by atoms with Crippen LogP contribution in [0, 0.1) is 3.57 Å². The summed E-state index contributed by atoms with van der Waals surface area (Å²) >= 11 is 2.04. The van der Waals surface area contributed by atoms with Gasteiger partial charge in [-0.2, -0.15) is 0 Å². The van der Waals surface area contributed by atoms with E-state index in [1.807, 2.05) is 47.7 Å². The molecule has 0 radical (unpaired) electrons. The monoisotopic (exact) mass is 487 g/mol. The van der Waals surface area contributed by atoms with Crippen molar-refractivity contribution < 1.29 is 19.4 Å². The number of hydrogen-bond acceptors (Lipinski definition) is 5. The second kappa shape index (κ2) is 7.09. The number of ketones is 1. The number of dihydropyridines is 1. The van der Waals surface area contributed by atoms with Gasteiger partial charge in [0.15, 0.2) is 5.78 Å². The number of hydrogen-bond donors (Lipinski definition) is 2. The van der Waals surface area contributed by atoms with Crippen molar-refractivity contribution in [3.63, 3.8) is 0 Å². The Morgan fingerprint density at radius 2 is 1.93 bits per heavy atom. The first-order valence-corrected chi connectivity index (χ1v) is 10.0. The summed E-state index contributed by atoms with van der Waals surface area (Å²) in [5.41, 5.74) is 4.58. The molecule has 0 saturated carbocycles. The Morgan fingerprint density at radius 3 is 2.61 bits per heavy atom. The van der Waals surface area contributed by atoms with Gasteiger partial charge in [-0.1, -0.05) is 30.3 Å². The Balaban J connectivity index is 1.94. The lowest BCUT2D eigenvalue weighted by atomic mass is 9.80. The van der Waals surface area contributed by atoms with E-state index in [4.69, 9.17) is 4.74 Å². The lowest BCUT2D eigenvalue weighted by Crippen LogP contribution is -2.29. The number of fused-ring (bicyclic) bond motifs is 2. The third kappa shape index (κ3) is 2.83. The van der Waals surface area contributed by atoms with Crippen LogP contribution in [0.15, 0.2) is 59.3 Å². The van der Waals surface area contributed by atoms with E-state index < -0.39 is 11.9 Å². The minimum Gasteiger partial charge on any atom is -0.507 e. The van der Waals surface area contributed by atoms with Crippen LogP contribution in [-0.2, 0) is 9.53 Å². The molecule has 1 aliphatic carbocycles. The summed E-state index contributed by atoms with van der Waals surface area (Å²) in [6.45, 7) is 3.82. The molecule has 1 heterocycles. The van der Waals surface area contributed by atoms with Crippen LogP contribution >= 0.6 is 22.6 Å². The van der Waals surface area contributed by atoms with E-state index in [0.717, 1.165) is 16.8 Å². The molecule has 0 fully saturated rings. The zero-order valence-corrected chi connectivity index (χ0v) is 17.5. The number of phenols is 1. The van der Waals surface area contributed by atoms with Gasteiger partial charge in [0.2, 0.25) is 0 Å². The molecular weight excluding hydrogens is 469 g/mol. The molecule has 2 aromatic rings. The molecule has 0 amide bonds. The van der Waals surface area contributed by atoms with Crippen molar-refractivity contribution in [2.24, 2.45) is 0 Å². The van der Waals surface area contributed by atoms with Gasteiger partial charge >= 0.3 is 5.97 Å². The van der Waals surface area contributed by atoms with Crippen molar-refractivity contribution in [2.45, 2.75) is 19.8 Å². The van der Waals surface area contributed by atoms with Crippen molar-refractivity contribution in [3.05, 3.63) is 79.6 Å². The Labute approximate surface area is 176 Å². The lowest BCUT2D eigenvalue weighted by molar-refractivity contribution is -0.138. The van der Waals surface area contributed by atoms with Crippen LogP contribution in [0.5, 0.6) is 5.75 Å². The fourth-order valence-corrected chi connectivity index (χ4v) is 4.38. The molecule has 1 aliphatic heterocycles. The molecule has 0 saturated heterocycles. The summed E-state index contributed by atoms with van der Waals surface area (Å²) < 4.78 is 5.95. The Kier molecular flexibility index (Phi) is 4.74. The van der Waals surface area contributed by atoms with Crippen LogP contribution < -0.4 is 5.32 Å². The number of ether oxygens (including phenoxy) is 1. The van der Waals surface area contributed by atoms with Crippen LogP contribution in [0.25, 0.3) is 5.70 Å². The summed E-state index contributed by atoms with van der Waals surface area (Å²) in [5, 5.41) is 13.2. The zero-order chi connectivity index (χ0) is 20.0. The fraction of sp³-hybridized carbons (Fsp3) is 0.182. The largest absolute Gasteiger partial charge is 0.507 e. The molecule has 1 atom stereocenters. The van der Waals surface area contributed by atoms with Gasteiger partial charge in [0, 0.05) is 28.3 Å². The number of allylic oxidation sites excluding steroid dienone is 2. The SMILES string of the molecule is CCOC(=O)C1=C(C)NC2=C(C(=O)c3ccccc32)[C@H]1c1ccc(O)c(I)c1. The molecule has 2 aromatic carbocycles. The molecule has 6 heteroatoms. The van der Waals surface area contributed by atoms with E-state index in [1.165, 1.54) is 0 Å². The average molecular weight is 487 g/mol. The minimum atomic E-state index is -0.565. The van der Waals surface area contributed by atoms with Crippen LogP contribution in [0.2, 0.25) is 0 Å². The maximum Gasteiger partial charge on any atom is 0.336 e. The standard InChI is InChI=1S/C22H18INO4/c1-3-28-22(27)17-11(2)24-20-13-6-4-5-7-14(13)21(26)19(20)18(17)12-8-9-16(25)15(23)10-12/h4-10,18,24-25H,3H2,1-2H3/t18-/m0/s1. The molecule has 28 heavy (non-hydrogen) atoms. The van der Waals surface area contributed by atoms with Gasteiger partial charge in [-0.25, -0.2) is 4.79 Å². The average Bonchev–Trinajstić information content (AvgIpc) is 2.95. The predicted octanol–water partition coefficient (Wildman–Crippen LogP) is 4.13. The topological polar surface area (TPSA) is 75.6 Å². The van der Waals surface area contributed by atoms with Gasteiger partial charge in [-0.3, -0.25) is 4.79 Å². The molecule has 0 unspecified atom stereocenters. The lowest BCUT2D eigenvalue weighted by Gasteiger charge is -2.29. The molecule has 0 spiro atoms. The number of carbonyl (C=O) groups is 2. The highest BCUT2D eigenvalue weighted by Gasteiger charge is 2.42. The minimum absolute atomic E-state index is 0.0968. The highest BCUT2D eigenvalue weighted by molar-refractivity contribution is 14.1. The number of halogens is 1. The van der Waals surface area contributed by atoms with E-state index in [2.05, 4.69) is 5.32 Å². The van der Waals surface area contributed by atoms with Crippen molar-refractivity contribution in [1.29, 1.82) is 0 Å². The number of nitrogens with one attached hydrogen (secondary N) is 1. The smallest absolute Gasteiger partial charge is 0.336 e. The molecule has 0 aromatic heterocycles. The maximum atomic E-state index is 13.3. The number of Topliss-reactive ketones (excluding diaryl/α,β-unsaturated/α-hetero) is 1. The molecule has 0 bridgehead atoms. The maximum absolute atomic E-state index is 13.3. The quantitative estimate of drug-likeness (QED) is 0.503. The van der Waals surface area contributed by atoms with E-state index in [9.17, 15) is 14.7 Å². The Morgan fingerprint density at radius 1 is 1.21 bits per heavy atom. The molecule has 4 rings (SSSR count). The van der Waals surface area contributed by atoms with E-state index in [0.29, 0.717) is 26.0 Å². The number of rotatable bonds is 3. The van der Waals surface area contributed by atoms with Crippen molar-refractivity contribution in [1.82, 2.24) is 5.32 Å². The van der Waals surface area contributed by atoms with E-state index in [1.54, 1.807) is 31.2 Å². The highest BCUT2D eigenvalue weighted by Crippen LogP contribution is 2.47. The number of benzene rings is 2. The van der Waals surface area contributed by atoms with Gasteiger partial charge in [0.25, 0.3) is 0 Å². The summed E-state index contributed by atoms with van der Waals surface area (Å²) in [6, 6.07) is 12.6. The Hall–Kier alpha value is -2.61. The second-order valence-electron chi connectivity index (χ2n) is 6.69. The highest BCUT2D eigenvalue weighted by atomic mass is 127. The number of aromatic hydroxyl groups is 1. The van der Waals surface area contributed by atoms with Gasteiger partial charge in [0.05, 0.1) is 21.4 Å². The van der Waals surface area contributed by atoms with Crippen LogP contribution in [0.4, 0.5) is 0 Å². The Bertz CT molecular complexity index is 1080. The van der Waals surface area contributed by atoms with Crippen molar-refractivity contribution in [3.8, 4) is 5.75 Å². The third-order valence-corrected chi connectivity index (χ3v) is 5.91. The number of phenolic OH excluding ortho intramolecular Hbond substituents is 1. The molecular formula is C22H18INO4. The number of esters is 1. The molecule has 2 aliphatic rings. The van der Waals surface area contributed by atoms with E-state index >= 15 is 0 Å². The molecule has 5 nitrogen and oxygen atoms in total. The summed E-state index contributed by atoms with van der Waals surface area (Å²) in [6.07, 6.45) is 0. The third-order valence-electron chi connectivity index (χ3n) is 5.05. The first-order valence-electron chi connectivity index (χ1n) is 8.95. The van der Waals surface area contributed by atoms with Crippen molar-refractivity contribution >= 4 is 40.0 Å². The predicted molar refractivity (Wildman–Crippen MR) is 114 cm³/mol. The summed E-state index contributed by atoms with van der Waals surface area (Å²) in [5.74, 6) is -0.951. The van der Waals surface area contributed by atoms with Crippen LogP contribution in [0.1, 0.15) is 41.3 Å². The zero-order valence-electron chi connectivity index (χ0n) is 15.4. The van der Waals surface area contributed by atoms with Gasteiger partial charge in [-0.15, -0.1) is 0 Å². The van der Waals surface area contributed by atoms with Crippen molar-refractivity contribution in [2.75, 3.05) is 6.61 Å². The van der Waals surface area contributed by atoms with Gasteiger partial charge < -0.3 is 15.2 Å². The summed E-state index contributed by atoms with van der Waals surface area (Å²) in [4.78, 5) is 26.1. The van der Waals surface area contributed by atoms with Gasteiger partial charge in [-0.05, 0) is 54.1 Å². The molecule has 142 valence electrons. The van der Waals surface area contributed by atoms with Crippen LogP contribution in [0.3, 0.4) is 0 Å². The fourth-order valence-electron chi connectivity index (χ4n) is 3.84. The van der Waals surface area contributed by atoms with E-state index in [-0.39, 0.29) is 18.1 Å².